The first-order valence-electron chi connectivity index (χ1n) is 8.32. The quantitative estimate of drug-likeness (QED) is 0.789. The summed E-state index contributed by atoms with van der Waals surface area (Å²) in [5.41, 5.74) is 1.46. The molecular formula is C19H22ClN3O3. The number of carbonyl (C=O) groups excluding carboxylic acids is 1. The highest BCUT2D eigenvalue weighted by Gasteiger charge is 2.16. The monoisotopic (exact) mass is 375 g/mol. The number of rotatable bonds is 6. The summed E-state index contributed by atoms with van der Waals surface area (Å²) in [6.07, 6.45) is 0. The van der Waals surface area contributed by atoms with Gasteiger partial charge < -0.3 is 15.3 Å². The number of nitrogens with one attached hydrogen (secondary N) is 1. The Kier molecular flexibility index (Phi) is 6.21. The molecule has 26 heavy (non-hydrogen) atoms. The summed E-state index contributed by atoms with van der Waals surface area (Å²) in [4.78, 5) is 30.1. The van der Waals surface area contributed by atoms with Gasteiger partial charge in [0.05, 0.1) is 5.56 Å². The van der Waals surface area contributed by atoms with E-state index in [4.69, 9.17) is 16.7 Å². The van der Waals surface area contributed by atoms with Gasteiger partial charge in [0.1, 0.15) is 11.5 Å². The highest BCUT2D eigenvalue weighted by atomic mass is 35.5. The normalized spacial score (nSPS) is 10.7. The molecule has 2 rings (SSSR count). The summed E-state index contributed by atoms with van der Waals surface area (Å²) in [5.74, 6) is -0.775. The summed E-state index contributed by atoms with van der Waals surface area (Å²) < 4.78 is 0. The average Bonchev–Trinajstić information content (AvgIpc) is 2.54. The molecule has 2 N–H and O–H groups in total. The lowest BCUT2D eigenvalue weighted by Crippen LogP contribution is -2.31. The van der Waals surface area contributed by atoms with E-state index in [1.54, 1.807) is 25.1 Å². The number of halogens is 1. The molecule has 0 atom stereocenters. The first kappa shape index (κ1) is 19.7. The second-order valence-electron chi connectivity index (χ2n) is 6.20. The van der Waals surface area contributed by atoms with Crippen LogP contribution in [0, 0.1) is 6.92 Å². The third-order valence-electron chi connectivity index (χ3n) is 3.98. The molecule has 0 aliphatic carbocycles. The molecule has 1 heterocycles. The highest BCUT2D eigenvalue weighted by Crippen LogP contribution is 2.22. The zero-order valence-electron chi connectivity index (χ0n) is 15.2. The van der Waals surface area contributed by atoms with Crippen LogP contribution in [0.4, 0.5) is 11.5 Å². The molecule has 1 aromatic carbocycles. The maximum Gasteiger partial charge on any atom is 0.335 e. The zero-order valence-corrected chi connectivity index (χ0v) is 16.0. The summed E-state index contributed by atoms with van der Waals surface area (Å²) >= 11 is 6.17. The van der Waals surface area contributed by atoms with Crippen LogP contribution in [-0.2, 0) is 0 Å². The van der Waals surface area contributed by atoms with Gasteiger partial charge >= 0.3 is 5.97 Å². The number of amides is 1. The lowest BCUT2D eigenvalue weighted by Gasteiger charge is -2.26. The van der Waals surface area contributed by atoms with Crippen LogP contribution in [0.1, 0.15) is 47.2 Å². The third-order valence-corrected chi connectivity index (χ3v) is 4.20. The Labute approximate surface area is 157 Å². The van der Waals surface area contributed by atoms with Crippen molar-refractivity contribution in [3.05, 3.63) is 52.2 Å². The molecule has 0 unspecified atom stereocenters. The molecule has 7 heteroatoms. The number of aryl methyl sites for hydroxylation is 1. The van der Waals surface area contributed by atoms with Gasteiger partial charge in [0.15, 0.2) is 0 Å². The standard InChI is InChI=1S/C19H22ClN3O3/c1-5-23(11(2)3)17-10-13(20)9-16(22-17)18(24)21-14-6-7-15(19(25)26)12(4)8-14/h6-11H,5H2,1-4H3,(H,21,24)(H,25,26). The van der Waals surface area contributed by atoms with Crippen LogP contribution in [0.25, 0.3) is 0 Å². The van der Waals surface area contributed by atoms with Gasteiger partial charge in [-0.2, -0.15) is 0 Å². The molecule has 0 saturated carbocycles. The minimum Gasteiger partial charge on any atom is -0.478 e. The fourth-order valence-electron chi connectivity index (χ4n) is 2.72. The average molecular weight is 376 g/mol. The molecular weight excluding hydrogens is 354 g/mol. The van der Waals surface area contributed by atoms with Crippen LogP contribution in [0.3, 0.4) is 0 Å². The number of anilines is 2. The first-order valence-corrected chi connectivity index (χ1v) is 8.70. The Bertz CT molecular complexity index is 837. The van der Waals surface area contributed by atoms with Gasteiger partial charge in [-0.1, -0.05) is 11.6 Å². The number of nitrogens with zero attached hydrogens (tertiary/aromatic N) is 2. The molecule has 1 aromatic heterocycles. The number of aromatic carboxylic acids is 1. The van der Waals surface area contributed by atoms with E-state index in [2.05, 4.69) is 10.3 Å². The molecule has 0 aliphatic rings. The lowest BCUT2D eigenvalue weighted by atomic mass is 10.1. The van der Waals surface area contributed by atoms with E-state index in [1.165, 1.54) is 12.1 Å². The molecule has 1 amide bonds. The Morgan fingerprint density at radius 1 is 1.27 bits per heavy atom. The molecule has 0 bridgehead atoms. The van der Waals surface area contributed by atoms with Crippen molar-refractivity contribution in [2.75, 3.05) is 16.8 Å². The molecule has 0 radical (unpaired) electrons. The smallest absolute Gasteiger partial charge is 0.335 e. The Hall–Kier alpha value is -2.60. The third kappa shape index (κ3) is 4.52. The van der Waals surface area contributed by atoms with Crippen molar-refractivity contribution < 1.29 is 14.7 Å². The second-order valence-corrected chi connectivity index (χ2v) is 6.63. The van der Waals surface area contributed by atoms with Crippen molar-refractivity contribution in [1.29, 1.82) is 0 Å². The van der Waals surface area contributed by atoms with E-state index in [-0.39, 0.29) is 17.3 Å². The number of aromatic nitrogens is 1. The van der Waals surface area contributed by atoms with E-state index in [1.807, 2.05) is 25.7 Å². The van der Waals surface area contributed by atoms with Crippen LogP contribution in [-0.4, -0.2) is 34.6 Å². The molecule has 0 fully saturated rings. The maximum absolute atomic E-state index is 12.6. The fraction of sp³-hybridized carbons (Fsp3) is 0.316. The zero-order chi connectivity index (χ0) is 19.4. The number of benzene rings is 1. The largest absolute Gasteiger partial charge is 0.478 e. The van der Waals surface area contributed by atoms with Gasteiger partial charge in [-0.3, -0.25) is 4.79 Å². The second kappa shape index (κ2) is 8.19. The van der Waals surface area contributed by atoms with E-state index in [9.17, 15) is 9.59 Å². The van der Waals surface area contributed by atoms with Crippen LogP contribution in [0.15, 0.2) is 30.3 Å². The molecule has 0 saturated heterocycles. The van der Waals surface area contributed by atoms with Gasteiger partial charge in [0.2, 0.25) is 0 Å². The van der Waals surface area contributed by atoms with Crippen LogP contribution >= 0.6 is 11.6 Å². The van der Waals surface area contributed by atoms with E-state index in [0.717, 1.165) is 6.54 Å². The van der Waals surface area contributed by atoms with Gasteiger partial charge in [0, 0.05) is 23.3 Å². The topological polar surface area (TPSA) is 82.5 Å². The molecule has 0 aliphatic heterocycles. The van der Waals surface area contributed by atoms with Crippen molar-refractivity contribution in [3.63, 3.8) is 0 Å². The maximum atomic E-state index is 12.6. The number of pyridine rings is 1. The fourth-order valence-corrected chi connectivity index (χ4v) is 2.92. The van der Waals surface area contributed by atoms with Gasteiger partial charge in [-0.05, 0) is 63.6 Å². The predicted octanol–water partition coefficient (Wildman–Crippen LogP) is 4.23. The van der Waals surface area contributed by atoms with Crippen LogP contribution in [0.5, 0.6) is 0 Å². The predicted molar refractivity (Wildman–Crippen MR) is 103 cm³/mol. The van der Waals surface area contributed by atoms with Crippen molar-refractivity contribution in [2.24, 2.45) is 0 Å². The minimum absolute atomic E-state index is 0.196. The minimum atomic E-state index is -1.00. The van der Waals surface area contributed by atoms with Gasteiger partial charge in [-0.15, -0.1) is 0 Å². The Morgan fingerprint density at radius 2 is 1.96 bits per heavy atom. The lowest BCUT2D eigenvalue weighted by molar-refractivity contribution is 0.0696. The van der Waals surface area contributed by atoms with Gasteiger partial charge in [0.25, 0.3) is 5.91 Å². The van der Waals surface area contributed by atoms with Crippen molar-refractivity contribution >= 4 is 35.0 Å². The molecule has 6 nitrogen and oxygen atoms in total. The van der Waals surface area contributed by atoms with E-state index >= 15 is 0 Å². The Morgan fingerprint density at radius 3 is 2.50 bits per heavy atom. The SMILES string of the molecule is CCN(c1cc(Cl)cc(C(=O)Nc2ccc(C(=O)O)c(C)c2)n1)C(C)C. The molecule has 0 spiro atoms. The van der Waals surface area contributed by atoms with Crippen molar-refractivity contribution in [3.8, 4) is 0 Å². The number of carbonyl (C=O) groups is 2. The Balaban J connectivity index is 2.28. The number of carboxylic acid groups (broad SMARTS) is 1. The highest BCUT2D eigenvalue weighted by molar-refractivity contribution is 6.31. The summed E-state index contributed by atoms with van der Waals surface area (Å²) in [6, 6.07) is 8.07. The number of hydrogen-bond acceptors (Lipinski definition) is 4. The number of hydrogen-bond donors (Lipinski definition) is 2. The van der Waals surface area contributed by atoms with Crippen LogP contribution < -0.4 is 10.2 Å². The van der Waals surface area contributed by atoms with E-state index < -0.39 is 11.9 Å². The number of carboxylic acids is 1. The molecule has 138 valence electrons. The summed E-state index contributed by atoms with van der Waals surface area (Å²) in [7, 11) is 0. The molecule has 2 aromatic rings. The summed E-state index contributed by atoms with van der Waals surface area (Å²) in [5, 5.41) is 12.2. The van der Waals surface area contributed by atoms with Gasteiger partial charge in [-0.25, -0.2) is 9.78 Å². The summed E-state index contributed by atoms with van der Waals surface area (Å²) in [6.45, 7) is 8.50. The van der Waals surface area contributed by atoms with Crippen molar-refractivity contribution in [1.82, 2.24) is 4.98 Å². The van der Waals surface area contributed by atoms with Crippen molar-refractivity contribution in [2.45, 2.75) is 33.7 Å². The van der Waals surface area contributed by atoms with Crippen LogP contribution in [0.2, 0.25) is 5.02 Å². The first-order chi connectivity index (χ1) is 12.2. The van der Waals surface area contributed by atoms with E-state index in [0.29, 0.717) is 22.1 Å².